The molecule has 1 aromatic carbocycles. The summed E-state index contributed by atoms with van der Waals surface area (Å²) in [6.07, 6.45) is 0. The molecule has 0 aliphatic rings. The third-order valence-electron chi connectivity index (χ3n) is 2.55. The van der Waals surface area contributed by atoms with Crippen LogP contribution < -0.4 is 5.73 Å². The zero-order valence-electron chi connectivity index (χ0n) is 9.23. The zero-order valence-corrected chi connectivity index (χ0v) is 9.23. The van der Waals surface area contributed by atoms with Gasteiger partial charge in [0.1, 0.15) is 17.5 Å². The maximum absolute atomic E-state index is 8.95. The van der Waals surface area contributed by atoms with E-state index in [0.29, 0.717) is 17.1 Å². The molecule has 0 aliphatic carbocycles. The van der Waals surface area contributed by atoms with Crippen molar-refractivity contribution in [3.05, 3.63) is 41.1 Å². The SMILES string of the molecule is Cc1ccccc1-n1nc(C)c(C#N)c1N. The van der Waals surface area contributed by atoms with Gasteiger partial charge in [0.2, 0.25) is 0 Å². The maximum atomic E-state index is 8.95. The molecule has 0 atom stereocenters. The Morgan fingerprint density at radius 1 is 1.31 bits per heavy atom. The van der Waals surface area contributed by atoms with E-state index in [1.54, 1.807) is 11.6 Å². The van der Waals surface area contributed by atoms with Crippen LogP contribution in [0, 0.1) is 25.2 Å². The van der Waals surface area contributed by atoms with Crippen molar-refractivity contribution >= 4 is 5.82 Å². The van der Waals surface area contributed by atoms with Crippen LogP contribution in [0.15, 0.2) is 24.3 Å². The molecule has 0 radical (unpaired) electrons. The number of hydrogen-bond donors (Lipinski definition) is 1. The topological polar surface area (TPSA) is 67.6 Å². The van der Waals surface area contributed by atoms with Gasteiger partial charge in [0.25, 0.3) is 0 Å². The molecule has 0 aliphatic heterocycles. The molecule has 2 aromatic rings. The van der Waals surface area contributed by atoms with Crippen molar-refractivity contribution < 1.29 is 0 Å². The smallest absolute Gasteiger partial charge is 0.145 e. The Hall–Kier alpha value is -2.28. The molecule has 0 bridgehead atoms. The second-order valence-corrected chi connectivity index (χ2v) is 3.66. The lowest BCUT2D eigenvalue weighted by Gasteiger charge is -2.06. The molecule has 2 N–H and O–H groups in total. The van der Waals surface area contributed by atoms with Crippen LogP contribution in [0.3, 0.4) is 0 Å². The summed E-state index contributed by atoms with van der Waals surface area (Å²) in [6, 6.07) is 9.86. The predicted molar refractivity (Wildman–Crippen MR) is 62.2 cm³/mol. The maximum Gasteiger partial charge on any atom is 0.145 e. The first kappa shape index (κ1) is 10.2. The van der Waals surface area contributed by atoms with Crippen LogP contribution >= 0.6 is 0 Å². The van der Waals surface area contributed by atoms with Crippen molar-refractivity contribution in [2.75, 3.05) is 5.73 Å². The third-order valence-corrected chi connectivity index (χ3v) is 2.55. The normalized spacial score (nSPS) is 10.1. The minimum Gasteiger partial charge on any atom is -0.382 e. The quantitative estimate of drug-likeness (QED) is 0.785. The molecule has 0 saturated carbocycles. The lowest BCUT2D eigenvalue weighted by atomic mass is 10.2. The fraction of sp³-hybridized carbons (Fsp3) is 0.167. The van der Waals surface area contributed by atoms with Crippen molar-refractivity contribution in [3.63, 3.8) is 0 Å². The Morgan fingerprint density at radius 2 is 2.00 bits per heavy atom. The van der Waals surface area contributed by atoms with Gasteiger partial charge in [0.15, 0.2) is 0 Å². The van der Waals surface area contributed by atoms with Crippen LogP contribution in [0.2, 0.25) is 0 Å². The number of hydrogen-bond acceptors (Lipinski definition) is 3. The fourth-order valence-electron chi connectivity index (χ4n) is 1.67. The first-order valence-electron chi connectivity index (χ1n) is 4.96. The molecular formula is C12H12N4. The fourth-order valence-corrected chi connectivity index (χ4v) is 1.67. The van der Waals surface area contributed by atoms with E-state index in [-0.39, 0.29) is 0 Å². The Labute approximate surface area is 93.9 Å². The third kappa shape index (κ3) is 1.43. The molecule has 80 valence electrons. The second-order valence-electron chi connectivity index (χ2n) is 3.66. The van der Waals surface area contributed by atoms with Gasteiger partial charge in [-0.25, -0.2) is 4.68 Å². The highest BCUT2D eigenvalue weighted by Crippen LogP contribution is 2.21. The summed E-state index contributed by atoms with van der Waals surface area (Å²) in [6.45, 7) is 3.77. The number of nitrogens with zero attached hydrogens (tertiary/aromatic N) is 3. The van der Waals surface area contributed by atoms with Gasteiger partial charge in [0, 0.05) is 0 Å². The Balaban J connectivity index is 2.68. The standard InChI is InChI=1S/C12H12N4/c1-8-5-3-4-6-11(8)16-12(14)10(7-13)9(2)15-16/h3-6H,14H2,1-2H3. The largest absolute Gasteiger partial charge is 0.382 e. The van der Waals surface area contributed by atoms with Gasteiger partial charge in [-0.1, -0.05) is 18.2 Å². The molecule has 4 nitrogen and oxygen atoms in total. The van der Waals surface area contributed by atoms with E-state index >= 15 is 0 Å². The predicted octanol–water partition coefficient (Wildman–Crippen LogP) is 1.94. The Bertz CT molecular complexity index is 575. The van der Waals surface area contributed by atoms with Crippen molar-refractivity contribution in [1.82, 2.24) is 9.78 Å². The van der Waals surface area contributed by atoms with E-state index in [4.69, 9.17) is 11.0 Å². The lowest BCUT2D eigenvalue weighted by Crippen LogP contribution is -2.04. The van der Waals surface area contributed by atoms with E-state index in [1.807, 2.05) is 31.2 Å². The summed E-state index contributed by atoms with van der Waals surface area (Å²) in [5.41, 5.74) is 8.97. The zero-order chi connectivity index (χ0) is 11.7. The van der Waals surface area contributed by atoms with E-state index < -0.39 is 0 Å². The average molecular weight is 212 g/mol. The van der Waals surface area contributed by atoms with Gasteiger partial charge >= 0.3 is 0 Å². The number of benzene rings is 1. The second kappa shape index (κ2) is 3.70. The molecular weight excluding hydrogens is 200 g/mol. The summed E-state index contributed by atoms with van der Waals surface area (Å²) in [7, 11) is 0. The van der Waals surface area contributed by atoms with Crippen LogP contribution in [0.4, 0.5) is 5.82 Å². The summed E-state index contributed by atoms with van der Waals surface area (Å²) >= 11 is 0. The number of aryl methyl sites for hydroxylation is 2. The Morgan fingerprint density at radius 3 is 2.56 bits per heavy atom. The number of para-hydroxylation sites is 1. The molecule has 0 saturated heterocycles. The first-order valence-corrected chi connectivity index (χ1v) is 4.96. The number of rotatable bonds is 1. The van der Waals surface area contributed by atoms with Crippen molar-refractivity contribution in [1.29, 1.82) is 5.26 Å². The highest BCUT2D eigenvalue weighted by Gasteiger charge is 2.13. The molecule has 4 heteroatoms. The summed E-state index contributed by atoms with van der Waals surface area (Å²) in [4.78, 5) is 0. The van der Waals surface area contributed by atoms with Crippen LogP contribution in [0.5, 0.6) is 0 Å². The molecule has 0 fully saturated rings. The molecule has 16 heavy (non-hydrogen) atoms. The van der Waals surface area contributed by atoms with Crippen LogP contribution in [-0.2, 0) is 0 Å². The highest BCUT2D eigenvalue weighted by atomic mass is 15.3. The lowest BCUT2D eigenvalue weighted by molar-refractivity contribution is 0.865. The van der Waals surface area contributed by atoms with Gasteiger partial charge < -0.3 is 5.73 Å². The minimum atomic E-state index is 0.398. The molecule has 1 heterocycles. The van der Waals surface area contributed by atoms with Crippen LogP contribution in [0.1, 0.15) is 16.8 Å². The molecule has 2 rings (SSSR count). The van der Waals surface area contributed by atoms with Crippen LogP contribution in [-0.4, -0.2) is 9.78 Å². The summed E-state index contributed by atoms with van der Waals surface area (Å²) in [5, 5.41) is 13.2. The van der Waals surface area contributed by atoms with Gasteiger partial charge in [-0.3, -0.25) is 0 Å². The van der Waals surface area contributed by atoms with E-state index in [0.717, 1.165) is 11.3 Å². The van der Waals surface area contributed by atoms with Crippen molar-refractivity contribution in [3.8, 4) is 11.8 Å². The monoisotopic (exact) mass is 212 g/mol. The Kier molecular flexibility index (Phi) is 2.37. The summed E-state index contributed by atoms with van der Waals surface area (Å²) in [5.74, 6) is 0.398. The van der Waals surface area contributed by atoms with Crippen molar-refractivity contribution in [2.45, 2.75) is 13.8 Å². The van der Waals surface area contributed by atoms with E-state index in [2.05, 4.69) is 11.2 Å². The van der Waals surface area contributed by atoms with Gasteiger partial charge in [-0.15, -0.1) is 0 Å². The number of nitriles is 1. The number of nitrogen functional groups attached to an aromatic ring is 1. The van der Waals surface area contributed by atoms with Gasteiger partial charge in [-0.2, -0.15) is 10.4 Å². The van der Waals surface area contributed by atoms with Crippen LogP contribution in [0.25, 0.3) is 5.69 Å². The van der Waals surface area contributed by atoms with E-state index in [9.17, 15) is 0 Å². The first-order chi connectivity index (χ1) is 7.65. The number of aromatic nitrogens is 2. The van der Waals surface area contributed by atoms with Gasteiger partial charge in [-0.05, 0) is 25.5 Å². The highest BCUT2D eigenvalue weighted by molar-refractivity contribution is 5.57. The van der Waals surface area contributed by atoms with Gasteiger partial charge in [0.05, 0.1) is 11.4 Å². The minimum absolute atomic E-state index is 0.398. The summed E-state index contributed by atoms with van der Waals surface area (Å²) < 4.78 is 1.61. The molecule has 0 amide bonds. The van der Waals surface area contributed by atoms with E-state index in [1.165, 1.54) is 0 Å². The molecule has 0 spiro atoms. The molecule has 0 unspecified atom stereocenters. The number of nitrogens with two attached hydrogens (primary N) is 1. The average Bonchev–Trinajstić information content (AvgIpc) is 2.55. The van der Waals surface area contributed by atoms with Crippen molar-refractivity contribution in [2.24, 2.45) is 0 Å². The molecule has 1 aromatic heterocycles. The number of anilines is 1.